The molecule has 6 aromatic carbocycles. The van der Waals surface area contributed by atoms with Crippen molar-refractivity contribution < 1.29 is 25.1 Å². The molecule has 0 bridgehead atoms. The molecule has 0 radical (unpaired) electrons. The van der Waals surface area contributed by atoms with E-state index in [1.165, 1.54) is 68.3 Å². The maximum absolute atomic E-state index is 12.8. The molecule has 2 aliphatic heterocycles. The van der Waals surface area contributed by atoms with Crippen LogP contribution in [0.2, 0.25) is 0 Å². The number of anilines is 4. The zero-order valence-corrected chi connectivity index (χ0v) is 42.6. The number of likely N-dealkylation sites (tertiary alicyclic amines) is 2. The summed E-state index contributed by atoms with van der Waals surface area (Å²) >= 11 is 0. The monoisotopic (exact) mass is 981 g/mol. The molecule has 0 unspecified atom stereocenters. The van der Waals surface area contributed by atoms with Crippen molar-refractivity contribution in [2.24, 2.45) is 11.8 Å². The molecule has 1 amide bonds. The first-order chi connectivity index (χ1) is 34.9. The van der Waals surface area contributed by atoms with Gasteiger partial charge in [0.15, 0.2) is 17.4 Å². The third kappa shape index (κ3) is 16.4. The zero-order valence-electron chi connectivity index (χ0n) is 43.6. The number of nitrogens with one attached hydrogen (secondary N) is 4. The van der Waals surface area contributed by atoms with Crippen molar-refractivity contribution in [1.82, 2.24) is 30.4 Å². The summed E-state index contributed by atoms with van der Waals surface area (Å²) in [6, 6.07) is 58.7. The maximum atomic E-state index is 12.8. The summed E-state index contributed by atoms with van der Waals surface area (Å²) in [4.78, 5) is 27.2. The van der Waals surface area contributed by atoms with Gasteiger partial charge >= 0.3 is 18.9 Å². The molecule has 0 aliphatic carbocycles. The molecular weight excluding hydrogens is 907 g/mol. The molecule has 11 heteroatoms. The zero-order chi connectivity index (χ0) is 48.6. The Morgan fingerprint density at radius 3 is 1.52 bits per heavy atom. The van der Waals surface area contributed by atoms with Crippen molar-refractivity contribution in [3.8, 4) is 0 Å². The molecule has 2 saturated heterocycles. The summed E-state index contributed by atoms with van der Waals surface area (Å²) in [6.07, 6.45) is 7.47. The van der Waals surface area contributed by atoms with Crippen LogP contribution in [0, 0.1) is 25.7 Å². The predicted octanol–water partition coefficient (Wildman–Crippen LogP) is 8.24. The summed E-state index contributed by atoms with van der Waals surface area (Å²) < 4.78 is 0. The average Bonchev–Trinajstić information content (AvgIpc) is 3.39. The van der Waals surface area contributed by atoms with E-state index in [-0.39, 0.29) is 43.6 Å². The van der Waals surface area contributed by atoms with Crippen LogP contribution in [-0.4, -0.2) is 95.4 Å². The van der Waals surface area contributed by atoms with Gasteiger partial charge in [-0.25, -0.2) is 0 Å². The largest absolute Gasteiger partial charge is 1.00 e. The fourth-order valence-electron chi connectivity index (χ4n) is 10.3. The van der Waals surface area contributed by atoms with Crippen molar-refractivity contribution in [3.05, 3.63) is 203 Å². The normalized spacial score (nSPS) is 14.3. The van der Waals surface area contributed by atoms with Crippen molar-refractivity contribution in [1.29, 1.82) is 0 Å². The molecule has 73 heavy (non-hydrogen) atoms. The maximum Gasteiger partial charge on any atom is 1.00 e. The van der Waals surface area contributed by atoms with Gasteiger partial charge in [-0.2, -0.15) is 0 Å². The number of piperidine rings is 2. The molecule has 2 fully saturated rings. The number of hydrogen-bond donors (Lipinski definition) is 4. The summed E-state index contributed by atoms with van der Waals surface area (Å²) in [7, 11) is 0. The number of aryl methyl sites for hydroxylation is 2. The molecular formula is C62H74AlLiN8O. The summed E-state index contributed by atoms with van der Waals surface area (Å²) in [6.45, 7) is 13.3. The molecule has 4 heterocycles. The Balaban J connectivity index is 0.000000232. The van der Waals surface area contributed by atoms with Gasteiger partial charge in [0.2, 0.25) is 0 Å². The molecule has 2 aliphatic rings. The number of benzene rings is 6. The molecule has 2 aromatic heterocycles. The summed E-state index contributed by atoms with van der Waals surface area (Å²) in [5.41, 5.74) is 12.9. The topological polar surface area (TPSA) is 97.5 Å². The van der Waals surface area contributed by atoms with E-state index in [1.54, 1.807) is 0 Å². The van der Waals surface area contributed by atoms with Gasteiger partial charge in [-0.3, -0.25) is 14.8 Å². The van der Waals surface area contributed by atoms with E-state index >= 15 is 0 Å². The van der Waals surface area contributed by atoms with E-state index in [4.69, 9.17) is 0 Å². The number of carbonyl (C=O) groups is 1. The molecule has 8 aromatic rings. The van der Waals surface area contributed by atoms with Crippen LogP contribution in [0.3, 0.4) is 0 Å². The first-order valence-electron chi connectivity index (χ1n) is 25.8. The Morgan fingerprint density at radius 1 is 0.534 bits per heavy atom. The fraction of sp³-hybridized carbons (Fsp3) is 0.306. The Labute approximate surface area is 457 Å². The third-order valence-corrected chi connectivity index (χ3v) is 14.1. The number of carbonyl (C=O) groups excluding carboxylic acids is 1. The number of pyridine rings is 2. The Hall–Kier alpha value is -5.78. The summed E-state index contributed by atoms with van der Waals surface area (Å²) in [5.74, 6) is 1.56. The predicted molar refractivity (Wildman–Crippen MR) is 306 cm³/mol. The first-order valence-corrected chi connectivity index (χ1v) is 25.8. The molecule has 9 nitrogen and oxygen atoms in total. The van der Waals surface area contributed by atoms with E-state index in [9.17, 15) is 4.79 Å². The number of para-hydroxylation sites is 2. The Kier molecular flexibility index (Phi) is 21.1. The van der Waals surface area contributed by atoms with Crippen LogP contribution in [0.5, 0.6) is 0 Å². The minimum absolute atomic E-state index is 0. The van der Waals surface area contributed by atoms with Gasteiger partial charge < -0.3 is 32.5 Å². The first kappa shape index (κ1) is 55.0. The van der Waals surface area contributed by atoms with E-state index in [2.05, 4.69) is 156 Å². The van der Waals surface area contributed by atoms with Gasteiger partial charge in [0, 0.05) is 83.2 Å². The SMILES string of the molecule is Cc1cc(Nc2cccc(C(=O)NCCN3CCC(Cc4ccccc4)CC3)c2)c2ccccc2n1.Cc1cc(Nc2cccc(CNCCN3CCC(Cc4ccccc4)CC3)c2)c2ccccc2n1.[AlH3].[H-].[Li+]. The quantitative estimate of drug-likeness (QED) is 0.0536. The van der Waals surface area contributed by atoms with E-state index in [1.807, 2.05) is 68.4 Å². The molecule has 10 rings (SSSR count). The van der Waals surface area contributed by atoms with Crippen LogP contribution in [0.4, 0.5) is 22.7 Å². The summed E-state index contributed by atoms with van der Waals surface area (Å²) in [5, 5.41) is 16.1. The second kappa shape index (κ2) is 28.0. The van der Waals surface area contributed by atoms with E-state index in [0.717, 1.165) is 107 Å². The number of rotatable bonds is 17. The van der Waals surface area contributed by atoms with Crippen LogP contribution < -0.4 is 40.1 Å². The van der Waals surface area contributed by atoms with Crippen molar-refractivity contribution in [3.63, 3.8) is 0 Å². The van der Waals surface area contributed by atoms with Gasteiger partial charge in [-0.15, -0.1) is 0 Å². The number of fused-ring (bicyclic) bond motifs is 2. The van der Waals surface area contributed by atoms with E-state index < -0.39 is 0 Å². The van der Waals surface area contributed by atoms with Crippen molar-refractivity contribution >= 4 is 67.8 Å². The van der Waals surface area contributed by atoms with Gasteiger partial charge in [0.1, 0.15) is 0 Å². The van der Waals surface area contributed by atoms with Gasteiger partial charge in [-0.1, -0.05) is 115 Å². The van der Waals surface area contributed by atoms with Crippen LogP contribution in [0.25, 0.3) is 21.8 Å². The second-order valence-electron chi connectivity index (χ2n) is 19.6. The van der Waals surface area contributed by atoms with Crippen LogP contribution in [0.15, 0.2) is 170 Å². The minimum Gasteiger partial charge on any atom is -1.00 e. The van der Waals surface area contributed by atoms with Gasteiger partial charge in [0.05, 0.1) is 11.0 Å². The van der Waals surface area contributed by atoms with Crippen LogP contribution >= 0.6 is 0 Å². The average molecular weight is 981 g/mol. The van der Waals surface area contributed by atoms with Crippen LogP contribution in [0.1, 0.15) is 65.5 Å². The number of aromatic nitrogens is 2. The Morgan fingerprint density at radius 2 is 0.986 bits per heavy atom. The second-order valence-corrected chi connectivity index (χ2v) is 19.6. The van der Waals surface area contributed by atoms with Gasteiger partial charge in [0.25, 0.3) is 5.91 Å². The molecule has 372 valence electrons. The minimum atomic E-state index is -0.0339. The standard InChI is InChI=1S/C31H34N4O.C31H36N4.Al.Li.4H/c1-23-20-30(28-12-5-6-13-29(28)33-23)34-27-11-7-10-26(22-27)31(36)32-16-19-35-17-14-25(15-18-35)21-24-8-3-2-4-9-24;1-24-20-31(29-12-5-6-13-30(29)33-24)34-28-11-7-10-27(22-28)23-32-16-19-35-17-14-26(15-18-35)21-25-8-3-2-4-9-25;;;;;;/h2-13,20,22,25H,14-19,21H2,1H3,(H,32,36)(H,33,34);2-13,20,22,26,32H,14-19,21,23H2,1H3,(H,33,34);;;;;;/q;;;+1;;;;-1. The van der Waals surface area contributed by atoms with E-state index in [0.29, 0.717) is 12.1 Å². The Bertz CT molecular complexity index is 2970. The number of hydrogen-bond acceptors (Lipinski definition) is 8. The molecule has 4 N–H and O–H groups in total. The van der Waals surface area contributed by atoms with Crippen molar-refractivity contribution in [2.75, 3.05) is 63.0 Å². The smallest absolute Gasteiger partial charge is 1.00 e. The fourth-order valence-corrected chi connectivity index (χ4v) is 10.3. The third-order valence-electron chi connectivity index (χ3n) is 14.1. The number of amides is 1. The molecule has 0 spiro atoms. The molecule has 0 atom stereocenters. The van der Waals surface area contributed by atoms with Crippen molar-refractivity contribution in [2.45, 2.75) is 58.9 Å². The van der Waals surface area contributed by atoms with Gasteiger partial charge in [-0.05, 0) is 162 Å². The van der Waals surface area contributed by atoms with Crippen LogP contribution in [-0.2, 0) is 19.4 Å². The molecule has 0 saturated carbocycles. The number of nitrogens with zero attached hydrogens (tertiary/aromatic N) is 4.